The van der Waals surface area contributed by atoms with Crippen LogP contribution in [-0.4, -0.2) is 20.5 Å². The summed E-state index contributed by atoms with van der Waals surface area (Å²) in [5.74, 6) is 0.659. The van der Waals surface area contributed by atoms with Crippen LogP contribution in [0.15, 0.2) is 102 Å². The van der Waals surface area contributed by atoms with Crippen LogP contribution in [0.3, 0.4) is 0 Å². The van der Waals surface area contributed by atoms with Crippen LogP contribution in [0.1, 0.15) is 23.1 Å². The molecule has 0 bridgehead atoms. The highest BCUT2D eigenvalue weighted by Gasteiger charge is 2.40. The molecule has 0 fully saturated rings. The van der Waals surface area contributed by atoms with E-state index in [4.69, 9.17) is 4.78 Å². The molecule has 2 heterocycles. The highest BCUT2D eigenvalue weighted by molar-refractivity contribution is 7.90. The molecule has 0 amide bonds. The first-order valence-electron chi connectivity index (χ1n) is 10.7. The topological polar surface area (TPSA) is 82.8 Å². The summed E-state index contributed by atoms with van der Waals surface area (Å²) in [6.45, 7) is 1.52. The second kappa shape index (κ2) is 8.26. The minimum absolute atomic E-state index is 0.379. The van der Waals surface area contributed by atoms with E-state index in [2.05, 4.69) is 15.1 Å². The number of nitrogens with zero attached hydrogens (tertiary/aromatic N) is 2. The van der Waals surface area contributed by atoms with Gasteiger partial charge in [0.15, 0.2) is 0 Å². The average Bonchev–Trinajstić information content (AvgIpc) is 3.30. The van der Waals surface area contributed by atoms with Crippen LogP contribution in [0.2, 0.25) is 0 Å². The molecule has 1 aliphatic heterocycles. The van der Waals surface area contributed by atoms with E-state index in [0.717, 1.165) is 36.2 Å². The van der Waals surface area contributed by atoms with E-state index in [1.807, 2.05) is 91.0 Å². The highest BCUT2D eigenvalue weighted by atomic mass is 32.2. The average molecular weight is 444 g/mol. The van der Waals surface area contributed by atoms with Crippen molar-refractivity contribution in [2.24, 2.45) is 0 Å². The quantitative estimate of drug-likeness (QED) is 0.381. The molecule has 4 aromatic rings. The Morgan fingerprint density at radius 2 is 1.38 bits per heavy atom. The monoisotopic (exact) mass is 443 g/mol. The van der Waals surface area contributed by atoms with Gasteiger partial charge in [-0.25, -0.2) is 18.4 Å². The number of nitrogens with one attached hydrogen (secondary N) is 3. The number of aromatic nitrogens is 2. The summed E-state index contributed by atoms with van der Waals surface area (Å²) in [7, 11) is -3.46. The fourth-order valence-electron chi connectivity index (χ4n) is 4.37. The van der Waals surface area contributed by atoms with Crippen LogP contribution in [-0.2, 0) is 22.0 Å². The van der Waals surface area contributed by atoms with Gasteiger partial charge in [0, 0.05) is 13.1 Å². The van der Waals surface area contributed by atoms with Gasteiger partial charge >= 0.3 is 0 Å². The van der Waals surface area contributed by atoms with Crippen molar-refractivity contribution in [1.82, 2.24) is 14.5 Å². The molecule has 6 nitrogen and oxygen atoms in total. The van der Waals surface area contributed by atoms with Crippen LogP contribution in [0.4, 0.5) is 5.82 Å². The Morgan fingerprint density at radius 1 is 0.875 bits per heavy atom. The minimum atomic E-state index is -3.46. The van der Waals surface area contributed by atoms with Crippen molar-refractivity contribution < 1.29 is 4.21 Å². The first-order chi connectivity index (χ1) is 15.6. The lowest BCUT2D eigenvalue weighted by molar-refractivity contribution is 0.561. The Balaban J connectivity index is 1.74. The number of anilines is 1. The molecule has 0 spiro atoms. The Labute approximate surface area is 188 Å². The van der Waals surface area contributed by atoms with E-state index >= 15 is 0 Å². The molecule has 7 heteroatoms. The standard InChI is InChI=1S/C25H25N5OS/c26-32(31,23-19-28-30-18-10-17-27-24(23)30)29-25(20-11-4-1-5-12-20,21-13-6-2-7-14-21)22-15-8-3-9-16-22/h1-9,11-16,19,27H,10,17-18H2,(H2,26,29,31). The van der Waals surface area contributed by atoms with Crippen LogP contribution < -0.4 is 10.0 Å². The smallest absolute Gasteiger partial charge is 0.142 e. The molecule has 0 saturated heterocycles. The third-order valence-electron chi connectivity index (χ3n) is 5.87. The molecule has 3 aromatic carbocycles. The van der Waals surface area contributed by atoms with Gasteiger partial charge in [-0.05, 0) is 23.1 Å². The van der Waals surface area contributed by atoms with Crippen molar-refractivity contribution in [1.29, 1.82) is 4.78 Å². The van der Waals surface area contributed by atoms with Crippen LogP contribution in [0, 0.1) is 4.78 Å². The molecule has 1 aliphatic rings. The van der Waals surface area contributed by atoms with Crippen molar-refractivity contribution in [2.75, 3.05) is 11.9 Å². The van der Waals surface area contributed by atoms with Gasteiger partial charge in [0.05, 0.1) is 6.20 Å². The number of hydrogen-bond donors (Lipinski definition) is 3. The summed E-state index contributed by atoms with van der Waals surface area (Å²) in [6.07, 6.45) is 2.50. The van der Waals surface area contributed by atoms with E-state index in [9.17, 15) is 4.21 Å². The Kier molecular flexibility index (Phi) is 5.28. The van der Waals surface area contributed by atoms with Gasteiger partial charge in [-0.15, -0.1) is 0 Å². The maximum atomic E-state index is 14.1. The predicted molar refractivity (Wildman–Crippen MR) is 127 cm³/mol. The number of aryl methyl sites for hydroxylation is 1. The lowest BCUT2D eigenvalue weighted by Gasteiger charge is -2.37. The van der Waals surface area contributed by atoms with Crippen molar-refractivity contribution in [3.05, 3.63) is 114 Å². The molecule has 5 rings (SSSR count). The van der Waals surface area contributed by atoms with E-state index in [1.54, 1.807) is 10.9 Å². The zero-order valence-electron chi connectivity index (χ0n) is 17.6. The number of rotatable bonds is 6. The molecule has 0 radical (unpaired) electrons. The summed E-state index contributed by atoms with van der Waals surface area (Å²) >= 11 is 0. The van der Waals surface area contributed by atoms with Gasteiger partial charge in [-0.1, -0.05) is 91.0 Å². The third kappa shape index (κ3) is 3.49. The molecule has 0 aliphatic carbocycles. The molecule has 1 atom stereocenters. The molecule has 162 valence electrons. The molecule has 1 aromatic heterocycles. The fraction of sp³-hybridized carbons (Fsp3) is 0.160. The Bertz CT molecular complexity index is 1210. The zero-order chi connectivity index (χ0) is 22.0. The normalized spacial score (nSPS) is 15.4. The first-order valence-corrected chi connectivity index (χ1v) is 12.2. The second-order valence-electron chi connectivity index (χ2n) is 7.87. The molecule has 0 saturated carbocycles. The second-order valence-corrected chi connectivity index (χ2v) is 9.62. The van der Waals surface area contributed by atoms with Gasteiger partial charge < -0.3 is 5.32 Å². The van der Waals surface area contributed by atoms with E-state index in [-0.39, 0.29) is 0 Å². The van der Waals surface area contributed by atoms with Crippen LogP contribution in [0.5, 0.6) is 0 Å². The molecular formula is C25H25N5OS. The first kappa shape index (κ1) is 20.5. The van der Waals surface area contributed by atoms with E-state index < -0.39 is 15.5 Å². The Morgan fingerprint density at radius 3 is 1.88 bits per heavy atom. The van der Waals surface area contributed by atoms with E-state index in [0.29, 0.717) is 10.7 Å². The largest absolute Gasteiger partial charge is 0.369 e. The van der Waals surface area contributed by atoms with Crippen molar-refractivity contribution in [3.8, 4) is 0 Å². The third-order valence-corrected chi connectivity index (χ3v) is 7.38. The van der Waals surface area contributed by atoms with Gasteiger partial charge in [-0.2, -0.15) is 5.10 Å². The minimum Gasteiger partial charge on any atom is -0.369 e. The van der Waals surface area contributed by atoms with Crippen molar-refractivity contribution >= 4 is 15.7 Å². The van der Waals surface area contributed by atoms with Crippen LogP contribution >= 0.6 is 0 Å². The van der Waals surface area contributed by atoms with Gasteiger partial charge in [0.2, 0.25) is 0 Å². The van der Waals surface area contributed by atoms with Gasteiger partial charge in [-0.3, -0.25) is 0 Å². The van der Waals surface area contributed by atoms with E-state index in [1.165, 1.54) is 0 Å². The Hall–Kier alpha value is -3.42. The predicted octanol–water partition coefficient (Wildman–Crippen LogP) is 4.60. The number of fused-ring (bicyclic) bond motifs is 1. The number of benzene rings is 3. The lowest BCUT2D eigenvalue weighted by Crippen LogP contribution is -2.47. The van der Waals surface area contributed by atoms with Gasteiger partial charge in [0.1, 0.15) is 26.2 Å². The number of hydrogen-bond acceptors (Lipinski definition) is 4. The molecule has 3 N–H and O–H groups in total. The summed E-state index contributed by atoms with van der Waals surface area (Å²) in [4.78, 5) is 0.379. The fourth-order valence-corrected chi connectivity index (χ4v) is 5.91. The maximum Gasteiger partial charge on any atom is 0.142 e. The highest BCUT2D eigenvalue weighted by Crippen LogP contribution is 2.39. The summed E-state index contributed by atoms with van der Waals surface area (Å²) in [6, 6.07) is 29.7. The molecule has 1 unspecified atom stereocenters. The van der Waals surface area contributed by atoms with Crippen molar-refractivity contribution in [2.45, 2.75) is 23.4 Å². The maximum absolute atomic E-state index is 14.1. The summed E-state index contributed by atoms with van der Waals surface area (Å²) in [5.41, 5.74) is 1.73. The van der Waals surface area contributed by atoms with Crippen LogP contribution in [0.25, 0.3) is 0 Å². The summed E-state index contributed by atoms with van der Waals surface area (Å²) in [5, 5.41) is 7.67. The van der Waals surface area contributed by atoms with Crippen molar-refractivity contribution in [3.63, 3.8) is 0 Å². The molecular weight excluding hydrogens is 418 g/mol. The molecule has 32 heavy (non-hydrogen) atoms. The lowest BCUT2D eigenvalue weighted by atomic mass is 9.78. The van der Waals surface area contributed by atoms with Gasteiger partial charge in [0.25, 0.3) is 0 Å². The summed E-state index contributed by atoms with van der Waals surface area (Å²) < 4.78 is 28.3. The zero-order valence-corrected chi connectivity index (χ0v) is 18.4. The SMILES string of the molecule is N=S(=O)(NC(c1ccccc1)(c1ccccc1)c1ccccc1)c1cnn2c1NCCC2.